The summed E-state index contributed by atoms with van der Waals surface area (Å²) in [5.74, 6) is 1.32. The van der Waals surface area contributed by atoms with E-state index in [1.807, 2.05) is 38.1 Å². The Bertz CT molecular complexity index is 494. The van der Waals surface area contributed by atoms with E-state index in [9.17, 15) is 5.11 Å². The van der Waals surface area contributed by atoms with Crippen molar-refractivity contribution in [1.29, 1.82) is 0 Å². The Balaban J connectivity index is 2.02. The Labute approximate surface area is 107 Å². The topological polar surface area (TPSA) is 45.4 Å². The zero-order valence-electron chi connectivity index (χ0n) is 11.0. The van der Waals surface area contributed by atoms with E-state index in [1.165, 1.54) is 5.56 Å². The number of phenolic OH excluding ortho intramolecular Hbond substituents is 1. The number of rotatable bonds is 4. The van der Waals surface area contributed by atoms with Gasteiger partial charge in [0.25, 0.3) is 0 Å². The van der Waals surface area contributed by atoms with Crippen LogP contribution in [0.2, 0.25) is 0 Å². The molecule has 1 aromatic heterocycles. The van der Waals surface area contributed by atoms with Crippen LogP contribution in [0.3, 0.4) is 0 Å². The van der Waals surface area contributed by atoms with Crippen molar-refractivity contribution in [2.24, 2.45) is 0 Å². The molecule has 3 nitrogen and oxygen atoms in total. The number of aromatic hydroxyl groups is 1. The van der Waals surface area contributed by atoms with Gasteiger partial charge in [-0.25, -0.2) is 0 Å². The van der Waals surface area contributed by atoms with E-state index in [-0.39, 0.29) is 6.04 Å². The van der Waals surface area contributed by atoms with Gasteiger partial charge in [-0.1, -0.05) is 12.1 Å². The first-order valence-corrected chi connectivity index (χ1v) is 6.14. The Morgan fingerprint density at radius 1 is 1.28 bits per heavy atom. The molecule has 96 valence electrons. The summed E-state index contributed by atoms with van der Waals surface area (Å²) in [6, 6.07) is 8.04. The first-order chi connectivity index (χ1) is 8.58. The molecule has 1 atom stereocenters. The predicted molar refractivity (Wildman–Crippen MR) is 71.5 cm³/mol. The summed E-state index contributed by atoms with van der Waals surface area (Å²) in [7, 11) is 0. The number of hydrogen-bond acceptors (Lipinski definition) is 3. The lowest BCUT2D eigenvalue weighted by Crippen LogP contribution is -2.17. The van der Waals surface area contributed by atoms with Crippen LogP contribution < -0.4 is 5.32 Å². The molecule has 0 saturated heterocycles. The third kappa shape index (κ3) is 2.74. The smallest absolute Gasteiger partial charge is 0.121 e. The molecule has 0 unspecified atom stereocenters. The average Bonchev–Trinajstić information content (AvgIpc) is 2.86. The normalized spacial score (nSPS) is 12.6. The van der Waals surface area contributed by atoms with E-state index in [0.717, 1.165) is 23.4 Å². The standard InChI is InChI=1S/C15H19NO2/c1-10-7-13(8-11(2)15(10)17)9-16-12(3)14-5-4-6-18-14/h4-8,12,16-17H,9H2,1-3H3/t12-/m1/s1. The number of benzene rings is 1. The van der Waals surface area contributed by atoms with Gasteiger partial charge in [0.2, 0.25) is 0 Å². The molecule has 18 heavy (non-hydrogen) atoms. The van der Waals surface area contributed by atoms with E-state index in [4.69, 9.17) is 4.42 Å². The third-order valence-corrected chi connectivity index (χ3v) is 3.13. The highest BCUT2D eigenvalue weighted by Gasteiger charge is 2.08. The van der Waals surface area contributed by atoms with Crippen LogP contribution in [0.25, 0.3) is 0 Å². The maximum atomic E-state index is 9.72. The molecule has 0 fully saturated rings. The molecule has 0 aliphatic heterocycles. The van der Waals surface area contributed by atoms with Crippen molar-refractivity contribution in [3.63, 3.8) is 0 Å². The van der Waals surface area contributed by atoms with Gasteiger partial charge in [0.05, 0.1) is 12.3 Å². The van der Waals surface area contributed by atoms with Crippen molar-refractivity contribution in [2.75, 3.05) is 0 Å². The van der Waals surface area contributed by atoms with Gasteiger partial charge in [-0.05, 0) is 49.6 Å². The van der Waals surface area contributed by atoms with E-state index in [1.54, 1.807) is 6.26 Å². The van der Waals surface area contributed by atoms with Crippen molar-refractivity contribution >= 4 is 0 Å². The first kappa shape index (κ1) is 12.7. The van der Waals surface area contributed by atoms with Crippen LogP contribution in [0.4, 0.5) is 0 Å². The van der Waals surface area contributed by atoms with Gasteiger partial charge in [-0.2, -0.15) is 0 Å². The summed E-state index contributed by atoms with van der Waals surface area (Å²) in [5.41, 5.74) is 3.00. The lowest BCUT2D eigenvalue weighted by atomic mass is 10.1. The molecule has 0 spiro atoms. The molecular weight excluding hydrogens is 226 g/mol. The highest BCUT2D eigenvalue weighted by Crippen LogP contribution is 2.23. The number of furan rings is 1. The molecule has 0 saturated carbocycles. The van der Waals surface area contributed by atoms with Crippen LogP contribution in [0.1, 0.15) is 35.4 Å². The van der Waals surface area contributed by atoms with Crippen molar-refractivity contribution in [3.8, 4) is 5.75 Å². The number of aryl methyl sites for hydroxylation is 2. The van der Waals surface area contributed by atoms with Crippen molar-refractivity contribution in [2.45, 2.75) is 33.4 Å². The molecule has 1 aromatic carbocycles. The lowest BCUT2D eigenvalue weighted by molar-refractivity contribution is 0.429. The van der Waals surface area contributed by atoms with Gasteiger partial charge in [0, 0.05) is 6.54 Å². The zero-order chi connectivity index (χ0) is 13.1. The fourth-order valence-corrected chi connectivity index (χ4v) is 2.06. The van der Waals surface area contributed by atoms with Crippen molar-refractivity contribution < 1.29 is 9.52 Å². The van der Waals surface area contributed by atoms with Gasteiger partial charge in [0.1, 0.15) is 11.5 Å². The van der Waals surface area contributed by atoms with Gasteiger partial charge in [-0.3, -0.25) is 0 Å². The molecule has 2 rings (SSSR count). The van der Waals surface area contributed by atoms with Crippen LogP contribution in [0, 0.1) is 13.8 Å². The molecule has 0 aliphatic carbocycles. The Morgan fingerprint density at radius 2 is 1.94 bits per heavy atom. The molecule has 2 aromatic rings. The van der Waals surface area contributed by atoms with Crippen LogP contribution in [0.15, 0.2) is 34.9 Å². The summed E-state index contributed by atoms with van der Waals surface area (Å²) in [6.45, 7) is 6.66. The number of phenols is 1. The second-order valence-corrected chi connectivity index (χ2v) is 4.70. The maximum Gasteiger partial charge on any atom is 0.121 e. The molecular formula is C15H19NO2. The summed E-state index contributed by atoms with van der Waals surface area (Å²) < 4.78 is 5.35. The number of hydrogen-bond donors (Lipinski definition) is 2. The van der Waals surface area contributed by atoms with E-state index < -0.39 is 0 Å². The monoisotopic (exact) mass is 245 g/mol. The Kier molecular flexibility index (Phi) is 3.72. The summed E-state index contributed by atoms with van der Waals surface area (Å²) in [4.78, 5) is 0. The fourth-order valence-electron chi connectivity index (χ4n) is 2.06. The van der Waals surface area contributed by atoms with Gasteiger partial charge >= 0.3 is 0 Å². The quantitative estimate of drug-likeness (QED) is 0.867. The molecule has 3 heteroatoms. The highest BCUT2D eigenvalue weighted by molar-refractivity contribution is 5.42. The second kappa shape index (κ2) is 5.27. The minimum atomic E-state index is 0.175. The minimum Gasteiger partial charge on any atom is -0.507 e. The van der Waals surface area contributed by atoms with Gasteiger partial charge in [-0.15, -0.1) is 0 Å². The molecule has 2 N–H and O–H groups in total. The van der Waals surface area contributed by atoms with E-state index in [0.29, 0.717) is 5.75 Å². The van der Waals surface area contributed by atoms with Gasteiger partial charge in [0.15, 0.2) is 0 Å². The van der Waals surface area contributed by atoms with Crippen molar-refractivity contribution in [1.82, 2.24) is 5.32 Å². The summed E-state index contributed by atoms with van der Waals surface area (Å²) in [5, 5.41) is 13.1. The maximum absolute atomic E-state index is 9.72. The van der Waals surface area contributed by atoms with Crippen LogP contribution in [-0.4, -0.2) is 5.11 Å². The van der Waals surface area contributed by atoms with Crippen LogP contribution in [0.5, 0.6) is 5.75 Å². The second-order valence-electron chi connectivity index (χ2n) is 4.70. The Hall–Kier alpha value is -1.74. The summed E-state index contributed by atoms with van der Waals surface area (Å²) in [6.07, 6.45) is 1.68. The zero-order valence-corrected chi connectivity index (χ0v) is 11.0. The predicted octanol–water partition coefficient (Wildman–Crippen LogP) is 3.45. The van der Waals surface area contributed by atoms with Crippen molar-refractivity contribution in [3.05, 3.63) is 53.0 Å². The third-order valence-electron chi connectivity index (χ3n) is 3.13. The van der Waals surface area contributed by atoms with Crippen LogP contribution in [-0.2, 0) is 6.54 Å². The number of nitrogens with one attached hydrogen (secondary N) is 1. The molecule has 1 heterocycles. The molecule has 0 bridgehead atoms. The largest absolute Gasteiger partial charge is 0.507 e. The van der Waals surface area contributed by atoms with E-state index in [2.05, 4.69) is 12.2 Å². The molecule has 0 radical (unpaired) electrons. The Morgan fingerprint density at radius 3 is 2.50 bits per heavy atom. The molecule has 0 aliphatic rings. The van der Waals surface area contributed by atoms with E-state index >= 15 is 0 Å². The first-order valence-electron chi connectivity index (χ1n) is 6.14. The lowest BCUT2D eigenvalue weighted by Gasteiger charge is -2.13. The SMILES string of the molecule is Cc1cc(CN[C@H](C)c2ccco2)cc(C)c1O. The van der Waals surface area contributed by atoms with Gasteiger partial charge < -0.3 is 14.8 Å². The summed E-state index contributed by atoms with van der Waals surface area (Å²) >= 11 is 0. The van der Waals surface area contributed by atoms with Crippen LogP contribution >= 0.6 is 0 Å². The average molecular weight is 245 g/mol. The highest BCUT2D eigenvalue weighted by atomic mass is 16.3. The minimum absolute atomic E-state index is 0.175. The fraction of sp³-hybridized carbons (Fsp3) is 0.333. The molecule has 0 amide bonds.